The van der Waals surface area contributed by atoms with Crippen molar-refractivity contribution >= 4 is 11.3 Å². The first-order valence-corrected chi connectivity index (χ1v) is 5.18. The number of hydrogen-bond donors (Lipinski definition) is 1. The largest absolute Gasteiger partial charge is 0.390 e. The lowest BCUT2D eigenvalue weighted by atomic mass is 10.3. The summed E-state index contributed by atoms with van der Waals surface area (Å²) in [4.78, 5) is 4.12. The van der Waals surface area contributed by atoms with E-state index in [1.807, 2.05) is 5.38 Å². The van der Waals surface area contributed by atoms with Gasteiger partial charge in [-0.2, -0.15) is 4.68 Å². The molecule has 2 heterocycles. The van der Waals surface area contributed by atoms with Crippen LogP contribution in [0.3, 0.4) is 0 Å². The van der Waals surface area contributed by atoms with E-state index in [2.05, 4.69) is 15.3 Å². The highest BCUT2D eigenvalue weighted by Gasteiger charge is 2.14. The van der Waals surface area contributed by atoms with Crippen molar-refractivity contribution < 1.29 is 9.84 Å². The summed E-state index contributed by atoms with van der Waals surface area (Å²) in [5, 5.41) is 19.4. The van der Waals surface area contributed by atoms with Crippen LogP contribution < -0.4 is 0 Å². The van der Waals surface area contributed by atoms with E-state index in [-0.39, 0.29) is 6.61 Å². The highest BCUT2D eigenvalue weighted by Crippen LogP contribution is 2.15. The molecule has 0 unspecified atom stereocenters. The molecule has 1 N–H and O–H groups in total. The van der Waals surface area contributed by atoms with Crippen LogP contribution in [0.15, 0.2) is 11.6 Å². The molecule has 2 aromatic rings. The maximum Gasteiger partial charge on any atom is 0.212 e. The van der Waals surface area contributed by atoms with Crippen molar-refractivity contribution in [3.8, 4) is 5.13 Å². The minimum absolute atomic E-state index is 0.149. The van der Waals surface area contributed by atoms with Crippen LogP contribution in [0.2, 0.25) is 0 Å². The zero-order valence-electron chi connectivity index (χ0n) is 8.12. The maximum atomic E-state index is 9.07. The number of aliphatic hydroxyl groups is 1. The van der Waals surface area contributed by atoms with E-state index >= 15 is 0 Å². The summed E-state index contributed by atoms with van der Waals surface area (Å²) in [6, 6.07) is 0. The van der Waals surface area contributed by atoms with E-state index < -0.39 is 0 Å². The molecule has 0 aromatic carbocycles. The minimum atomic E-state index is -0.149. The van der Waals surface area contributed by atoms with Crippen molar-refractivity contribution in [2.24, 2.45) is 0 Å². The maximum absolute atomic E-state index is 9.07. The number of hydrogen-bond acceptors (Lipinski definition) is 6. The predicted molar refractivity (Wildman–Crippen MR) is 53.7 cm³/mol. The van der Waals surface area contributed by atoms with Gasteiger partial charge in [-0.1, -0.05) is 5.21 Å². The summed E-state index contributed by atoms with van der Waals surface area (Å²) in [6.45, 7) is 0.201. The zero-order valence-corrected chi connectivity index (χ0v) is 8.94. The smallest absolute Gasteiger partial charge is 0.212 e. The first kappa shape index (κ1) is 10.2. The third-order valence-corrected chi connectivity index (χ3v) is 2.62. The van der Waals surface area contributed by atoms with Crippen LogP contribution in [0.1, 0.15) is 11.4 Å². The lowest BCUT2D eigenvalue weighted by molar-refractivity contribution is 0.175. The zero-order chi connectivity index (χ0) is 10.7. The Balaban J connectivity index is 2.43. The Labute approximate surface area is 90.1 Å². The molecule has 0 saturated carbocycles. The fraction of sp³-hybridized carbons (Fsp3) is 0.375. The molecule has 7 heteroatoms. The molecule has 6 nitrogen and oxygen atoms in total. The molecule has 0 bridgehead atoms. The third-order valence-electron chi connectivity index (χ3n) is 1.87. The predicted octanol–water partition coefficient (Wildman–Crippen LogP) is 0.362. The van der Waals surface area contributed by atoms with Crippen LogP contribution in [-0.4, -0.2) is 32.2 Å². The molecule has 2 aromatic heterocycles. The van der Waals surface area contributed by atoms with Gasteiger partial charge in [0.25, 0.3) is 0 Å². The average Bonchev–Trinajstić information content (AvgIpc) is 2.85. The van der Waals surface area contributed by atoms with Crippen molar-refractivity contribution in [1.29, 1.82) is 0 Å². The topological polar surface area (TPSA) is 73.1 Å². The SMILES string of the molecule is COCc1c(CO)nnn1-c1nccs1. The minimum Gasteiger partial charge on any atom is -0.390 e. The monoisotopic (exact) mass is 226 g/mol. The van der Waals surface area contributed by atoms with Gasteiger partial charge < -0.3 is 9.84 Å². The number of thiazole rings is 1. The number of aromatic nitrogens is 4. The van der Waals surface area contributed by atoms with E-state index in [1.165, 1.54) is 11.3 Å². The first-order valence-electron chi connectivity index (χ1n) is 4.30. The Morgan fingerprint density at radius 3 is 3.07 bits per heavy atom. The van der Waals surface area contributed by atoms with Crippen LogP contribution >= 0.6 is 11.3 Å². The molecule has 0 saturated heterocycles. The van der Waals surface area contributed by atoms with Crippen LogP contribution in [-0.2, 0) is 18.0 Å². The van der Waals surface area contributed by atoms with E-state index in [9.17, 15) is 0 Å². The van der Waals surface area contributed by atoms with Crippen LogP contribution in [0.4, 0.5) is 0 Å². The number of methoxy groups -OCH3 is 1. The summed E-state index contributed by atoms with van der Waals surface area (Å²) in [7, 11) is 1.58. The van der Waals surface area contributed by atoms with Gasteiger partial charge in [0.2, 0.25) is 5.13 Å². The second-order valence-electron chi connectivity index (χ2n) is 2.80. The van der Waals surface area contributed by atoms with Crippen LogP contribution in [0.25, 0.3) is 5.13 Å². The molecule has 0 radical (unpaired) electrons. The van der Waals surface area contributed by atoms with Crippen LogP contribution in [0, 0.1) is 0 Å². The van der Waals surface area contributed by atoms with E-state index in [4.69, 9.17) is 9.84 Å². The van der Waals surface area contributed by atoms with Gasteiger partial charge in [-0.15, -0.1) is 16.4 Å². The number of aliphatic hydroxyl groups excluding tert-OH is 1. The first-order chi connectivity index (χ1) is 7.36. The van der Waals surface area contributed by atoms with E-state index in [0.717, 1.165) is 5.69 Å². The molecule has 0 fully saturated rings. The number of rotatable bonds is 4. The lowest BCUT2D eigenvalue weighted by Gasteiger charge is -2.02. The Kier molecular flexibility index (Phi) is 3.05. The quantitative estimate of drug-likeness (QED) is 0.815. The molecule has 0 aliphatic carbocycles. The fourth-order valence-corrected chi connectivity index (χ4v) is 1.82. The van der Waals surface area contributed by atoms with Gasteiger partial charge in [0.05, 0.1) is 18.9 Å². The molecule has 0 aliphatic rings. The van der Waals surface area contributed by atoms with Gasteiger partial charge in [0, 0.05) is 18.7 Å². The standard InChI is InChI=1S/C8H10N4O2S/c1-14-5-7-6(4-13)10-11-12(7)8-9-2-3-15-8/h2-3,13H,4-5H2,1H3. The Morgan fingerprint density at radius 1 is 1.60 bits per heavy atom. The van der Waals surface area contributed by atoms with Gasteiger partial charge >= 0.3 is 0 Å². The fourth-order valence-electron chi connectivity index (χ4n) is 1.21. The van der Waals surface area contributed by atoms with Gasteiger partial charge in [-0.05, 0) is 0 Å². The summed E-state index contributed by atoms with van der Waals surface area (Å²) >= 11 is 1.45. The molecule has 2 rings (SSSR count). The summed E-state index contributed by atoms with van der Waals surface area (Å²) in [6.07, 6.45) is 1.69. The van der Waals surface area contributed by atoms with Crippen molar-refractivity contribution in [2.75, 3.05) is 7.11 Å². The molecular weight excluding hydrogens is 216 g/mol. The van der Waals surface area contributed by atoms with Crippen molar-refractivity contribution in [1.82, 2.24) is 20.0 Å². The summed E-state index contributed by atoms with van der Waals surface area (Å²) < 4.78 is 6.62. The third kappa shape index (κ3) is 1.89. The molecule has 0 atom stereocenters. The average molecular weight is 226 g/mol. The highest BCUT2D eigenvalue weighted by molar-refractivity contribution is 7.12. The number of ether oxygens (including phenoxy) is 1. The summed E-state index contributed by atoms with van der Waals surface area (Å²) in [5.41, 5.74) is 1.25. The molecule has 0 aliphatic heterocycles. The van der Waals surface area contributed by atoms with E-state index in [1.54, 1.807) is 18.0 Å². The van der Waals surface area contributed by atoms with Gasteiger partial charge in [0.15, 0.2) is 0 Å². The Bertz CT molecular complexity index is 426. The van der Waals surface area contributed by atoms with Gasteiger partial charge in [0.1, 0.15) is 5.69 Å². The molecule has 0 amide bonds. The molecule has 15 heavy (non-hydrogen) atoms. The number of nitrogens with zero attached hydrogens (tertiary/aromatic N) is 4. The van der Waals surface area contributed by atoms with Gasteiger partial charge in [-0.25, -0.2) is 4.98 Å². The second-order valence-corrected chi connectivity index (χ2v) is 3.67. The normalized spacial score (nSPS) is 10.8. The van der Waals surface area contributed by atoms with Gasteiger partial charge in [-0.3, -0.25) is 0 Å². The van der Waals surface area contributed by atoms with Crippen LogP contribution in [0.5, 0.6) is 0 Å². The Morgan fingerprint density at radius 2 is 2.47 bits per heavy atom. The van der Waals surface area contributed by atoms with E-state index in [0.29, 0.717) is 17.4 Å². The lowest BCUT2D eigenvalue weighted by Crippen LogP contribution is -2.04. The molecule has 0 spiro atoms. The highest BCUT2D eigenvalue weighted by atomic mass is 32.1. The summed E-state index contributed by atoms with van der Waals surface area (Å²) in [5.74, 6) is 0. The Hall–Kier alpha value is -1.31. The molecule has 80 valence electrons. The molecular formula is C8H10N4O2S. The van der Waals surface area contributed by atoms with Crippen molar-refractivity contribution in [3.05, 3.63) is 23.0 Å². The second kappa shape index (κ2) is 4.47. The van der Waals surface area contributed by atoms with Crippen molar-refractivity contribution in [3.63, 3.8) is 0 Å². The van der Waals surface area contributed by atoms with Crippen molar-refractivity contribution in [2.45, 2.75) is 13.2 Å².